The first-order valence-electron chi connectivity index (χ1n) is 20.7. The molecule has 0 saturated heterocycles. The normalized spacial score (nSPS) is 11.3. The van der Waals surface area contributed by atoms with Crippen molar-refractivity contribution in [2.45, 2.75) is 131 Å². The van der Waals surface area contributed by atoms with Crippen LogP contribution in [0, 0.1) is 0 Å². The molecule has 0 aliphatic heterocycles. The smallest absolute Gasteiger partial charge is 0.407 e. The summed E-state index contributed by atoms with van der Waals surface area (Å²) in [7, 11) is 0. The van der Waals surface area contributed by atoms with Crippen molar-refractivity contribution in [1.82, 2.24) is 30.2 Å². The van der Waals surface area contributed by atoms with Gasteiger partial charge < -0.3 is 35.5 Å². The highest BCUT2D eigenvalue weighted by molar-refractivity contribution is 6.04. The number of nitrogens with zero attached hydrogens (tertiary/aromatic N) is 4. The number of pyridine rings is 2. The van der Waals surface area contributed by atoms with Crippen LogP contribution >= 0.6 is 0 Å². The molecule has 5 N–H and O–H groups in total. The Kier molecular flexibility index (Phi) is 18.7. The number of unbranched alkanes of at least 4 members (excludes halogenated alkanes) is 3. The van der Waals surface area contributed by atoms with Gasteiger partial charge in [-0.3, -0.25) is 9.78 Å². The van der Waals surface area contributed by atoms with Gasteiger partial charge in [0.25, 0.3) is 0 Å². The fourth-order valence-electron chi connectivity index (χ4n) is 6.33. The van der Waals surface area contributed by atoms with Crippen molar-refractivity contribution in [2.24, 2.45) is 0 Å². The summed E-state index contributed by atoms with van der Waals surface area (Å²) in [5.41, 5.74) is 11.5. The number of carboxylic acid groups (broad SMARTS) is 1. The lowest BCUT2D eigenvalue weighted by atomic mass is 10.0. The number of amides is 2. The van der Waals surface area contributed by atoms with Gasteiger partial charge in [0.2, 0.25) is 0 Å². The first kappa shape index (κ1) is 49.3. The van der Waals surface area contributed by atoms with E-state index in [9.17, 15) is 19.2 Å². The number of alkyl carbamates (subject to hydrolysis) is 2. The minimum absolute atomic E-state index is 0. The maximum atomic E-state index is 12.8. The van der Waals surface area contributed by atoms with Crippen molar-refractivity contribution >= 4 is 51.8 Å². The monoisotopic (exact) mass is 839 g/mol. The summed E-state index contributed by atoms with van der Waals surface area (Å²) in [5, 5.41) is 14.2. The molecule has 0 radical (unpaired) electrons. The molecule has 14 heteroatoms. The van der Waals surface area contributed by atoms with Gasteiger partial charge in [-0.25, -0.2) is 24.4 Å². The molecule has 2 amide bonds. The van der Waals surface area contributed by atoms with Gasteiger partial charge in [0.05, 0.1) is 11.1 Å². The van der Waals surface area contributed by atoms with E-state index in [0.717, 1.165) is 89.7 Å². The van der Waals surface area contributed by atoms with Gasteiger partial charge in [-0.15, -0.1) is 0 Å². The SMILES string of the molecule is C.CC(C)(C)OC(=O)NCCc1ccc(C(=O)O)cc1.CCCCc1nc2c(N)nc3cccnc3c2n1CCCCCC(=O)c1ccc(CCNC(=O)OC(C)(C)C)cc1. The summed E-state index contributed by atoms with van der Waals surface area (Å²) >= 11 is 0. The number of carboxylic acids is 1. The summed E-state index contributed by atoms with van der Waals surface area (Å²) in [6.45, 7) is 14.8. The van der Waals surface area contributed by atoms with E-state index >= 15 is 0 Å². The number of ketones is 1. The third-order valence-corrected chi connectivity index (χ3v) is 9.22. The molecule has 330 valence electrons. The van der Waals surface area contributed by atoms with Crippen LogP contribution in [0.1, 0.15) is 132 Å². The average molecular weight is 840 g/mol. The molecule has 5 aromatic rings. The van der Waals surface area contributed by atoms with Crippen molar-refractivity contribution in [2.75, 3.05) is 18.8 Å². The Labute approximate surface area is 360 Å². The number of hydrogen-bond acceptors (Lipinski definition) is 10. The van der Waals surface area contributed by atoms with E-state index in [4.69, 9.17) is 25.3 Å². The van der Waals surface area contributed by atoms with Crippen molar-refractivity contribution in [3.8, 4) is 0 Å². The maximum Gasteiger partial charge on any atom is 0.407 e. The molecule has 0 aliphatic rings. The number of aryl methyl sites for hydroxylation is 2. The van der Waals surface area contributed by atoms with Crippen LogP contribution < -0.4 is 16.4 Å². The Morgan fingerprint density at radius 1 is 0.721 bits per heavy atom. The Balaban J connectivity index is 0.000000418. The summed E-state index contributed by atoms with van der Waals surface area (Å²) < 4.78 is 12.6. The summed E-state index contributed by atoms with van der Waals surface area (Å²) in [6, 6.07) is 18.0. The van der Waals surface area contributed by atoms with E-state index in [-0.39, 0.29) is 18.8 Å². The average Bonchev–Trinajstić information content (AvgIpc) is 3.55. The second kappa shape index (κ2) is 23.1. The number of nitrogen functional groups attached to an aromatic ring is 1. The van der Waals surface area contributed by atoms with E-state index < -0.39 is 29.4 Å². The zero-order valence-electron chi connectivity index (χ0n) is 36.1. The van der Waals surface area contributed by atoms with Gasteiger partial charge in [0.1, 0.15) is 33.6 Å². The molecule has 2 aromatic carbocycles. The van der Waals surface area contributed by atoms with Gasteiger partial charge in [0, 0.05) is 44.2 Å². The summed E-state index contributed by atoms with van der Waals surface area (Å²) in [6.07, 6.45) is 8.40. The maximum absolute atomic E-state index is 12.8. The Morgan fingerprint density at radius 3 is 1.80 bits per heavy atom. The molecule has 0 atom stereocenters. The number of rotatable bonds is 17. The summed E-state index contributed by atoms with van der Waals surface area (Å²) in [5.74, 6) is 0.659. The van der Waals surface area contributed by atoms with Crippen LogP contribution in [0.4, 0.5) is 15.4 Å². The van der Waals surface area contributed by atoms with E-state index in [1.54, 1.807) is 51.2 Å². The van der Waals surface area contributed by atoms with Crippen LogP contribution in [0.25, 0.3) is 22.1 Å². The number of nitrogens with two attached hydrogens (primary N) is 1. The van der Waals surface area contributed by atoms with Gasteiger partial charge in [0.15, 0.2) is 11.6 Å². The number of hydrogen-bond donors (Lipinski definition) is 4. The quantitative estimate of drug-likeness (QED) is 0.0513. The summed E-state index contributed by atoms with van der Waals surface area (Å²) in [4.78, 5) is 60.6. The van der Waals surface area contributed by atoms with Gasteiger partial charge in [-0.2, -0.15) is 0 Å². The van der Waals surface area contributed by atoms with Crippen LogP contribution in [0.2, 0.25) is 0 Å². The largest absolute Gasteiger partial charge is 0.478 e. The van der Waals surface area contributed by atoms with Crippen molar-refractivity contribution in [3.63, 3.8) is 0 Å². The molecule has 5 rings (SSSR count). The highest BCUT2D eigenvalue weighted by Crippen LogP contribution is 2.28. The number of imidazole rings is 1. The fraction of sp³-hybridized carbons (Fsp3) is 0.468. The number of ether oxygens (including phenoxy) is 2. The first-order chi connectivity index (χ1) is 28.4. The number of fused-ring (bicyclic) bond motifs is 3. The van der Waals surface area contributed by atoms with E-state index in [1.807, 2.05) is 57.2 Å². The highest BCUT2D eigenvalue weighted by Gasteiger charge is 2.19. The van der Waals surface area contributed by atoms with Crippen LogP contribution in [0.3, 0.4) is 0 Å². The number of Topliss-reactive ketones (excluding diaryl/α,β-unsaturated/α-hetero) is 1. The molecule has 0 bridgehead atoms. The standard InChI is InChI=1S/C32H42N6O3.C14H19NO4.CH4/c1-5-6-13-26-37-28-29(27-24(36-30(28)33)11-10-19-34-27)38(26)21-9-7-8-12-25(39)23-16-14-22(15-17-23)18-20-35-31(40)41-32(2,3)4;1-14(2,3)19-13(18)15-9-8-10-4-6-11(7-5-10)12(16)17;/h10-11,14-17,19H,5-9,12-13,18,20-21H2,1-4H3,(H2,33,36)(H,35,40);4-7H,8-9H2,1-3H3,(H,15,18)(H,16,17);1H4. The molecule has 0 saturated carbocycles. The zero-order chi connectivity index (χ0) is 43.9. The molecule has 0 spiro atoms. The van der Waals surface area contributed by atoms with Crippen molar-refractivity contribution in [3.05, 3.63) is 94.9 Å². The Morgan fingerprint density at radius 2 is 1.28 bits per heavy atom. The molecule has 3 aromatic heterocycles. The van der Waals surface area contributed by atoms with Crippen LogP contribution in [-0.2, 0) is 35.3 Å². The number of aromatic nitrogens is 4. The fourth-order valence-corrected chi connectivity index (χ4v) is 6.33. The first-order valence-corrected chi connectivity index (χ1v) is 20.7. The zero-order valence-corrected chi connectivity index (χ0v) is 36.1. The topological polar surface area (TPSA) is 201 Å². The molecular formula is C47H65N7O7. The second-order valence-electron chi connectivity index (χ2n) is 16.6. The minimum atomic E-state index is -0.946. The molecule has 3 heterocycles. The minimum Gasteiger partial charge on any atom is -0.478 e. The van der Waals surface area contributed by atoms with Crippen LogP contribution in [-0.4, -0.2) is 72.9 Å². The predicted octanol–water partition coefficient (Wildman–Crippen LogP) is 9.50. The number of anilines is 1. The van der Waals surface area contributed by atoms with Gasteiger partial charge in [-0.05, 0) is 109 Å². The van der Waals surface area contributed by atoms with Gasteiger partial charge in [-0.1, -0.05) is 63.6 Å². The van der Waals surface area contributed by atoms with E-state index in [2.05, 4.69) is 32.1 Å². The molecular weight excluding hydrogens is 775 g/mol. The lowest BCUT2D eigenvalue weighted by Gasteiger charge is -2.19. The second-order valence-corrected chi connectivity index (χ2v) is 16.6. The van der Waals surface area contributed by atoms with Crippen LogP contribution in [0.15, 0.2) is 66.9 Å². The molecule has 0 aliphatic carbocycles. The molecule has 14 nitrogen and oxygen atoms in total. The lowest BCUT2D eigenvalue weighted by molar-refractivity contribution is 0.0517. The predicted molar refractivity (Wildman–Crippen MR) is 241 cm³/mol. The third kappa shape index (κ3) is 16.2. The molecule has 0 fully saturated rings. The Bertz CT molecular complexity index is 2200. The lowest BCUT2D eigenvalue weighted by Crippen LogP contribution is -2.33. The van der Waals surface area contributed by atoms with Crippen molar-refractivity contribution < 1.29 is 33.8 Å². The molecule has 0 unspecified atom stereocenters. The van der Waals surface area contributed by atoms with Crippen molar-refractivity contribution in [1.29, 1.82) is 0 Å². The number of aromatic carboxylic acids is 1. The Hall–Kier alpha value is -6.05. The van der Waals surface area contributed by atoms with E-state index in [0.29, 0.717) is 38.2 Å². The molecule has 61 heavy (non-hydrogen) atoms. The van der Waals surface area contributed by atoms with E-state index in [1.165, 1.54) is 0 Å². The number of nitrogens with one attached hydrogen (secondary N) is 2. The highest BCUT2D eigenvalue weighted by atomic mass is 16.6. The third-order valence-electron chi connectivity index (χ3n) is 9.22. The van der Waals surface area contributed by atoms with Crippen LogP contribution in [0.5, 0.6) is 0 Å². The number of carbonyl (C=O) groups is 4. The number of carbonyl (C=O) groups excluding carboxylic acids is 3. The van der Waals surface area contributed by atoms with Gasteiger partial charge >= 0.3 is 18.2 Å². The number of benzene rings is 2.